The Balaban J connectivity index is 1.57. The van der Waals surface area contributed by atoms with Crippen molar-refractivity contribution in [3.05, 3.63) is 64.1 Å². The summed E-state index contributed by atoms with van der Waals surface area (Å²) in [5.41, 5.74) is 1.01. The highest BCUT2D eigenvalue weighted by molar-refractivity contribution is 9.10. The average molecular weight is 447 g/mol. The van der Waals surface area contributed by atoms with Crippen molar-refractivity contribution in [2.75, 3.05) is 11.9 Å². The topological polar surface area (TPSA) is 102 Å². The van der Waals surface area contributed by atoms with Gasteiger partial charge in [-0.15, -0.1) is 5.10 Å². The molecule has 0 aliphatic rings. The van der Waals surface area contributed by atoms with Crippen LogP contribution in [0.3, 0.4) is 0 Å². The van der Waals surface area contributed by atoms with Gasteiger partial charge in [0.05, 0.1) is 11.4 Å². The molecule has 8 nitrogen and oxygen atoms in total. The summed E-state index contributed by atoms with van der Waals surface area (Å²) < 4.78 is 16.3. The van der Waals surface area contributed by atoms with Crippen LogP contribution in [0.15, 0.2) is 46.9 Å². The minimum atomic E-state index is -0.582. The predicted octanol–water partition coefficient (Wildman–Crippen LogP) is 2.63. The van der Waals surface area contributed by atoms with Crippen LogP contribution in [0.25, 0.3) is 5.69 Å². The molecule has 3 aromatic rings. The Morgan fingerprint density at radius 1 is 1.18 bits per heavy atom. The highest BCUT2D eigenvalue weighted by Crippen LogP contribution is 2.19. The van der Waals surface area contributed by atoms with Crippen LogP contribution in [0.4, 0.5) is 10.1 Å². The zero-order chi connectivity index (χ0) is 20.1. The van der Waals surface area contributed by atoms with Gasteiger partial charge < -0.3 is 10.6 Å². The third-order valence-electron chi connectivity index (χ3n) is 3.84. The van der Waals surface area contributed by atoms with E-state index in [9.17, 15) is 14.0 Å². The van der Waals surface area contributed by atoms with E-state index in [4.69, 9.17) is 0 Å². The van der Waals surface area contributed by atoms with Gasteiger partial charge in [0.1, 0.15) is 5.82 Å². The van der Waals surface area contributed by atoms with E-state index in [1.54, 1.807) is 31.2 Å². The number of hydrogen-bond acceptors (Lipinski definition) is 5. The van der Waals surface area contributed by atoms with Crippen LogP contribution in [-0.2, 0) is 4.79 Å². The molecule has 1 aromatic heterocycles. The van der Waals surface area contributed by atoms with Gasteiger partial charge in [-0.05, 0) is 59.8 Å². The molecule has 2 N–H and O–H groups in total. The molecule has 2 amide bonds. The molecule has 0 spiro atoms. The number of tetrazole rings is 1. The van der Waals surface area contributed by atoms with Crippen molar-refractivity contribution in [1.82, 2.24) is 25.5 Å². The molecule has 3 rings (SSSR count). The highest BCUT2D eigenvalue weighted by Gasteiger charge is 2.12. The number of aromatic nitrogens is 4. The molecular weight excluding hydrogens is 431 g/mol. The summed E-state index contributed by atoms with van der Waals surface area (Å²) in [6, 6.07) is 11.0. The monoisotopic (exact) mass is 446 g/mol. The molecule has 0 unspecified atom stereocenters. The second-order valence-electron chi connectivity index (χ2n) is 5.86. The van der Waals surface area contributed by atoms with E-state index in [1.165, 1.54) is 22.9 Å². The van der Waals surface area contributed by atoms with Crippen molar-refractivity contribution in [1.29, 1.82) is 0 Å². The fraction of sp³-hybridized carbons (Fsp3) is 0.167. The van der Waals surface area contributed by atoms with Gasteiger partial charge in [0.25, 0.3) is 5.91 Å². The van der Waals surface area contributed by atoms with Crippen LogP contribution in [0.1, 0.15) is 22.6 Å². The van der Waals surface area contributed by atoms with Crippen LogP contribution in [-0.4, -0.2) is 38.6 Å². The van der Waals surface area contributed by atoms with Gasteiger partial charge in [-0.25, -0.2) is 4.39 Å². The van der Waals surface area contributed by atoms with E-state index in [0.29, 0.717) is 17.1 Å². The van der Waals surface area contributed by atoms with E-state index in [0.717, 1.165) is 4.47 Å². The molecule has 0 aliphatic carbocycles. The standard InChI is InChI=1S/C18H16BrFN6O2/c1-11-23-24-25-26(11)14-6-7-15(20)16(10-14)22-17(27)8-9-21-18(28)12-2-4-13(19)5-3-12/h2-7,10H,8-9H2,1H3,(H,21,28)(H,22,27). The quantitative estimate of drug-likeness (QED) is 0.605. The Kier molecular flexibility index (Phi) is 6.09. The molecule has 10 heteroatoms. The summed E-state index contributed by atoms with van der Waals surface area (Å²) in [5.74, 6) is -0.774. The maximum atomic E-state index is 14.0. The molecule has 0 fully saturated rings. The summed E-state index contributed by atoms with van der Waals surface area (Å²) in [5, 5.41) is 16.3. The Hall–Kier alpha value is -3.14. The number of carbonyl (C=O) groups excluding carboxylic acids is 2. The van der Waals surface area contributed by atoms with Crippen molar-refractivity contribution in [3.63, 3.8) is 0 Å². The summed E-state index contributed by atoms with van der Waals surface area (Å²) in [6.07, 6.45) is -0.00412. The molecular formula is C18H16BrFN6O2. The van der Waals surface area contributed by atoms with Crippen molar-refractivity contribution in [3.8, 4) is 5.69 Å². The van der Waals surface area contributed by atoms with Crippen molar-refractivity contribution in [2.45, 2.75) is 13.3 Å². The SMILES string of the molecule is Cc1nnnn1-c1ccc(F)c(NC(=O)CCNC(=O)c2ccc(Br)cc2)c1. The van der Waals surface area contributed by atoms with Crippen molar-refractivity contribution >= 4 is 33.4 Å². The number of amides is 2. The second kappa shape index (κ2) is 8.70. The lowest BCUT2D eigenvalue weighted by atomic mass is 10.2. The molecule has 1 heterocycles. The third kappa shape index (κ3) is 4.77. The molecule has 0 saturated heterocycles. The highest BCUT2D eigenvalue weighted by atomic mass is 79.9. The van der Waals surface area contributed by atoms with Gasteiger partial charge in [-0.3, -0.25) is 9.59 Å². The molecule has 2 aromatic carbocycles. The average Bonchev–Trinajstić information content (AvgIpc) is 3.10. The minimum Gasteiger partial charge on any atom is -0.352 e. The van der Waals surface area contributed by atoms with Gasteiger partial charge in [0, 0.05) is 23.0 Å². The van der Waals surface area contributed by atoms with Crippen LogP contribution in [0, 0.1) is 12.7 Å². The zero-order valence-electron chi connectivity index (χ0n) is 14.8. The largest absolute Gasteiger partial charge is 0.352 e. The van der Waals surface area contributed by atoms with Gasteiger partial charge in [-0.2, -0.15) is 4.68 Å². The lowest BCUT2D eigenvalue weighted by Gasteiger charge is -2.10. The first-order chi connectivity index (χ1) is 13.4. The predicted molar refractivity (Wildman–Crippen MR) is 104 cm³/mol. The van der Waals surface area contributed by atoms with Gasteiger partial charge in [0.15, 0.2) is 5.82 Å². The molecule has 144 valence electrons. The Bertz CT molecular complexity index is 1010. The fourth-order valence-corrected chi connectivity index (χ4v) is 2.68. The number of nitrogens with one attached hydrogen (secondary N) is 2. The summed E-state index contributed by atoms with van der Waals surface area (Å²) >= 11 is 3.30. The molecule has 28 heavy (non-hydrogen) atoms. The van der Waals surface area contributed by atoms with E-state index in [1.807, 2.05) is 0 Å². The van der Waals surface area contributed by atoms with Crippen LogP contribution in [0.5, 0.6) is 0 Å². The summed E-state index contributed by atoms with van der Waals surface area (Å²) in [4.78, 5) is 24.1. The first-order valence-corrected chi connectivity index (χ1v) is 9.12. The Morgan fingerprint density at radius 3 is 2.61 bits per heavy atom. The Morgan fingerprint density at radius 2 is 1.93 bits per heavy atom. The van der Waals surface area contributed by atoms with Crippen molar-refractivity contribution < 1.29 is 14.0 Å². The van der Waals surface area contributed by atoms with Crippen LogP contribution >= 0.6 is 15.9 Å². The number of carbonyl (C=O) groups is 2. The zero-order valence-corrected chi connectivity index (χ0v) is 16.4. The van der Waals surface area contributed by atoms with Crippen LogP contribution < -0.4 is 10.6 Å². The maximum Gasteiger partial charge on any atom is 0.251 e. The smallest absolute Gasteiger partial charge is 0.251 e. The summed E-state index contributed by atoms with van der Waals surface area (Å²) in [6.45, 7) is 1.82. The van der Waals surface area contributed by atoms with Crippen molar-refractivity contribution in [2.24, 2.45) is 0 Å². The van der Waals surface area contributed by atoms with E-state index < -0.39 is 11.7 Å². The molecule has 0 saturated carbocycles. The number of aryl methyl sites for hydroxylation is 1. The molecule has 0 atom stereocenters. The number of benzene rings is 2. The number of nitrogens with zero attached hydrogens (tertiary/aromatic N) is 4. The van der Waals surface area contributed by atoms with Crippen LogP contribution in [0.2, 0.25) is 0 Å². The lowest BCUT2D eigenvalue weighted by Crippen LogP contribution is -2.27. The summed E-state index contributed by atoms with van der Waals surface area (Å²) in [7, 11) is 0. The van der Waals surface area contributed by atoms with Gasteiger partial charge >= 0.3 is 0 Å². The van der Waals surface area contributed by atoms with E-state index >= 15 is 0 Å². The van der Waals surface area contributed by atoms with E-state index in [-0.39, 0.29) is 24.6 Å². The number of rotatable bonds is 6. The van der Waals surface area contributed by atoms with Gasteiger partial charge in [0.2, 0.25) is 5.91 Å². The normalized spacial score (nSPS) is 10.5. The van der Waals surface area contributed by atoms with Gasteiger partial charge in [-0.1, -0.05) is 15.9 Å². The van der Waals surface area contributed by atoms with E-state index in [2.05, 4.69) is 42.1 Å². The number of anilines is 1. The lowest BCUT2D eigenvalue weighted by molar-refractivity contribution is -0.116. The minimum absolute atomic E-state index is 0.00412. The molecule has 0 radical (unpaired) electrons. The maximum absolute atomic E-state index is 14.0. The first-order valence-electron chi connectivity index (χ1n) is 8.32. The molecule has 0 bridgehead atoms. The second-order valence-corrected chi connectivity index (χ2v) is 6.78. The third-order valence-corrected chi connectivity index (χ3v) is 4.37. The molecule has 0 aliphatic heterocycles. The first kappa shape index (κ1) is 19.6. The number of hydrogen-bond donors (Lipinski definition) is 2. The Labute approximate surface area is 168 Å². The fourth-order valence-electron chi connectivity index (χ4n) is 2.42. The number of halogens is 2.